The highest BCUT2D eigenvalue weighted by molar-refractivity contribution is 7.91. The van der Waals surface area contributed by atoms with Crippen LogP contribution in [-0.4, -0.2) is 53.2 Å². The molecule has 2 atom stereocenters. The molecule has 0 aromatic heterocycles. The number of sulfone groups is 1. The van der Waals surface area contributed by atoms with Gasteiger partial charge in [0.15, 0.2) is 9.84 Å². The molecule has 0 aliphatic carbocycles. The van der Waals surface area contributed by atoms with Crippen LogP contribution in [0.3, 0.4) is 0 Å². The molecule has 0 saturated carbocycles. The molecular formula is C13H15NO5S. The van der Waals surface area contributed by atoms with E-state index in [-0.39, 0.29) is 17.1 Å². The molecule has 1 aromatic rings. The molecule has 3 rings (SSSR count). The SMILES string of the molecule is O=C(O)c1ccc2c(c1)CN(C1CS(=O)(=O)CC1O)C2. The van der Waals surface area contributed by atoms with E-state index in [0.717, 1.165) is 11.1 Å². The molecule has 6 nitrogen and oxygen atoms in total. The minimum Gasteiger partial charge on any atom is -0.478 e. The van der Waals surface area contributed by atoms with Crippen LogP contribution in [0.1, 0.15) is 21.5 Å². The van der Waals surface area contributed by atoms with Crippen molar-refractivity contribution >= 4 is 15.8 Å². The Morgan fingerprint density at radius 3 is 2.50 bits per heavy atom. The highest BCUT2D eigenvalue weighted by Crippen LogP contribution is 2.29. The zero-order valence-electron chi connectivity index (χ0n) is 10.7. The van der Waals surface area contributed by atoms with Crippen molar-refractivity contribution in [3.8, 4) is 0 Å². The van der Waals surface area contributed by atoms with Crippen LogP contribution < -0.4 is 0 Å². The average molecular weight is 297 g/mol. The van der Waals surface area contributed by atoms with Gasteiger partial charge in [-0.3, -0.25) is 4.90 Å². The number of fused-ring (bicyclic) bond motifs is 1. The molecule has 1 aromatic carbocycles. The molecule has 2 heterocycles. The largest absolute Gasteiger partial charge is 0.478 e. The van der Waals surface area contributed by atoms with Gasteiger partial charge in [0.1, 0.15) is 0 Å². The quantitative estimate of drug-likeness (QED) is 0.789. The Kier molecular flexibility index (Phi) is 3.07. The van der Waals surface area contributed by atoms with Crippen molar-refractivity contribution < 1.29 is 23.4 Å². The highest BCUT2D eigenvalue weighted by atomic mass is 32.2. The number of carboxylic acid groups (broad SMARTS) is 1. The average Bonchev–Trinajstić information content (AvgIpc) is 2.88. The Morgan fingerprint density at radius 2 is 1.90 bits per heavy atom. The number of benzene rings is 1. The molecule has 0 spiro atoms. The summed E-state index contributed by atoms with van der Waals surface area (Å²) in [5.41, 5.74) is 2.11. The van der Waals surface area contributed by atoms with Gasteiger partial charge in [-0.1, -0.05) is 6.07 Å². The lowest BCUT2D eigenvalue weighted by atomic mass is 10.1. The van der Waals surface area contributed by atoms with Gasteiger partial charge in [-0.2, -0.15) is 0 Å². The molecule has 2 unspecified atom stereocenters. The fourth-order valence-electron chi connectivity index (χ4n) is 2.95. The second-order valence-corrected chi connectivity index (χ2v) is 7.56. The molecule has 2 N–H and O–H groups in total. The maximum atomic E-state index is 11.6. The Hall–Kier alpha value is -1.44. The number of carboxylic acids is 1. The number of aliphatic hydroxyl groups excluding tert-OH is 1. The molecule has 0 radical (unpaired) electrons. The summed E-state index contributed by atoms with van der Waals surface area (Å²) in [6.45, 7) is 1.03. The fraction of sp³-hybridized carbons (Fsp3) is 0.462. The van der Waals surface area contributed by atoms with E-state index in [1.165, 1.54) is 0 Å². The summed E-state index contributed by atoms with van der Waals surface area (Å²) in [7, 11) is -3.18. The van der Waals surface area contributed by atoms with Crippen LogP contribution in [0.25, 0.3) is 0 Å². The number of nitrogens with zero attached hydrogens (tertiary/aromatic N) is 1. The molecule has 2 aliphatic heterocycles. The van der Waals surface area contributed by atoms with Crippen molar-refractivity contribution in [2.75, 3.05) is 11.5 Å². The number of carbonyl (C=O) groups is 1. The first kappa shape index (κ1) is 13.5. The van der Waals surface area contributed by atoms with Gasteiger partial charge >= 0.3 is 5.97 Å². The van der Waals surface area contributed by atoms with E-state index < -0.39 is 28.0 Å². The van der Waals surface area contributed by atoms with Crippen molar-refractivity contribution in [2.24, 2.45) is 0 Å². The number of hydrogen-bond donors (Lipinski definition) is 2. The van der Waals surface area contributed by atoms with Crippen LogP contribution in [0.5, 0.6) is 0 Å². The van der Waals surface area contributed by atoms with Gasteiger partial charge in [0.2, 0.25) is 0 Å². The Morgan fingerprint density at radius 1 is 1.20 bits per heavy atom. The normalized spacial score (nSPS) is 28.4. The van der Waals surface area contributed by atoms with Crippen molar-refractivity contribution in [2.45, 2.75) is 25.2 Å². The van der Waals surface area contributed by atoms with Crippen LogP contribution >= 0.6 is 0 Å². The Labute approximate surface area is 116 Å². The minimum atomic E-state index is -3.18. The monoisotopic (exact) mass is 297 g/mol. The van der Waals surface area contributed by atoms with Gasteiger partial charge in [0.25, 0.3) is 0 Å². The molecule has 20 heavy (non-hydrogen) atoms. The van der Waals surface area contributed by atoms with Crippen molar-refractivity contribution in [1.29, 1.82) is 0 Å². The standard InChI is InChI=1S/C13H15NO5S/c15-12-7-20(18,19)6-11(12)14-4-9-2-1-8(13(16)17)3-10(9)5-14/h1-3,11-12,15H,4-7H2,(H,16,17). The maximum Gasteiger partial charge on any atom is 0.335 e. The van der Waals surface area contributed by atoms with E-state index in [9.17, 15) is 18.3 Å². The third kappa shape index (κ3) is 2.32. The molecule has 108 valence electrons. The lowest BCUT2D eigenvalue weighted by Crippen LogP contribution is -2.39. The van der Waals surface area contributed by atoms with Crippen LogP contribution in [0, 0.1) is 0 Å². The van der Waals surface area contributed by atoms with Crippen molar-refractivity contribution in [1.82, 2.24) is 4.90 Å². The van der Waals surface area contributed by atoms with E-state index in [0.29, 0.717) is 13.1 Å². The molecular weight excluding hydrogens is 282 g/mol. The minimum absolute atomic E-state index is 0.0338. The first-order chi connectivity index (χ1) is 9.35. The predicted octanol–water partition coefficient (Wildman–Crippen LogP) is -0.142. The second kappa shape index (κ2) is 4.54. The summed E-state index contributed by atoms with van der Waals surface area (Å²) in [6, 6.07) is 4.52. The fourth-order valence-corrected chi connectivity index (χ4v) is 4.78. The maximum absolute atomic E-state index is 11.6. The van der Waals surface area contributed by atoms with Gasteiger partial charge < -0.3 is 10.2 Å². The smallest absolute Gasteiger partial charge is 0.335 e. The van der Waals surface area contributed by atoms with E-state index in [1.807, 2.05) is 4.90 Å². The Balaban J connectivity index is 1.82. The number of hydrogen-bond acceptors (Lipinski definition) is 5. The summed E-state index contributed by atoms with van der Waals surface area (Å²) in [5.74, 6) is -1.20. The van der Waals surface area contributed by atoms with Crippen LogP contribution in [0.15, 0.2) is 18.2 Å². The van der Waals surface area contributed by atoms with E-state index >= 15 is 0 Å². The summed E-state index contributed by atoms with van der Waals surface area (Å²) in [5, 5.41) is 18.9. The van der Waals surface area contributed by atoms with Gasteiger partial charge in [0.05, 0.1) is 29.2 Å². The summed E-state index contributed by atoms with van der Waals surface area (Å²) < 4.78 is 23.1. The molecule has 0 amide bonds. The topological polar surface area (TPSA) is 94.9 Å². The molecule has 0 bridgehead atoms. The zero-order valence-corrected chi connectivity index (χ0v) is 11.5. The van der Waals surface area contributed by atoms with Gasteiger partial charge in [0, 0.05) is 13.1 Å². The van der Waals surface area contributed by atoms with Crippen LogP contribution in [-0.2, 0) is 22.9 Å². The second-order valence-electron chi connectivity index (χ2n) is 5.41. The van der Waals surface area contributed by atoms with E-state index in [4.69, 9.17) is 5.11 Å². The van der Waals surface area contributed by atoms with E-state index in [2.05, 4.69) is 0 Å². The van der Waals surface area contributed by atoms with E-state index in [1.54, 1.807) is 18.2 Å². The first-order valence-corrected chi connectivity index (χ1v) is 8.15. The Bertz CT molecular complexity index is 669. The summed E-state index contributed by atoms with van der Waals surface area (Å²) in [6.07, 6.45) is -0.867. The van der Waals surface area contributed by atoms with Gasteiger partial charge in [-0.15, -0.1) is 0 Å². The first-order valence-electron chi connectivity index (χ1n) is 6.33. The number of aromatic carboxylic acids is 1. The zero-order chi connectivity index (χ0) is 14.5. The lowest BCUT2D eigenvalue weighted by molar-refractivity contribution is 0.0696. The molecule has 7 heteroatoms. The highest BCUT2D eigenvalue weighted by Gasteiger charge is 2.41. The lowest BCUT2D eigenvalue weighted by Gasteiger charge is -2.24. The van der Waals surface area contributed by atoms with Crippen molar-refractivity contribution in [3.63, 3.8) is 0 Å². The molecule has 2 aliphatic rings. The summed E-state index contributed by atoms with van der Waals surface area (Å²) >= 11 is 0. The van der Waals surface area contributed by atoms with Gasteiger partial charge in [-0.25, -0.2) is 13.2 Å². The number of aliphatic hydroxyl groups is 1. The summed E-state index contributed by atoms with van der Waals surface area (Å²) in [4.78, 5) is 12.9. The third-order valence-corrected chi connectivity index (χ3v) is 5.66. The number of rotatable bonds is 2. The predicted molar refractivity (Wildman–Crippen MR) is 71.1 cm³/mol. The van der Waals surface area contributed by atoms with Crippen LogP contribution in [0.2, 0.25) is 0 Å². The molecule has 1 saturated heterocycles. The third-order valence-electron chi connectivity index (χ3n) is 3.96. The van der Waals surface area contributed by atoms with Crippen LogP contribution in [0.4, 0.5) is 0 Å². The van der Waals surface area contributed by atoms with Crippen molar-refractivity contribution in [3.05, 3.63) is 34.9 Å². The molecule has 1 fully saturated rings. The van der Waals surface area contributed by atoms with Gasteiger partial charge in [-0.05, 0) is 23.3 Å².